The van der Waals surface area contributed by atoms with Crippen molar-refractivity contribution in [2.24, 2.45) is 0 Å². The SMILES string of the molecule is CCCNCc1c(CC)nn(-c2ccccc2Cl)c1CC. The summed E-state index contributed by atoms with van der Waals surface area (Å²) < 4.78 is 2.02. The van der Waals surface area contributed by atoms with Crippen LogP contribution in [0.5, 0.6) is 0 Å². The van der Waals surface area contributed by atoms with Gasteiger partial charge in [-0.3, -0.25) is 0 Å². The van der Waals surface area contributed by atoms with Crippen LogP contribution >= 0.6 is 11.6 Å². The molecular weight excluding hydrogens is 282 g/mol. The van der Waals surface area contributed by atoms with E-state index in [0.717, 1.165) is 48.8 Å². The van der Waals surface area contributed by atoms with Gasteiger partial charge in [-0.25, -0.2) is 4.68 Å². The highest BCUT2D eigenvalue weighted by molar-refractivity contribution is 6.32. The summed E-state index contributed by atoms with van der Waals surface area (Å²) >= 11 is 6.34. The summed E-state index contributed by atoms with van der Waals surface area (Å²) in [6.07, 6.45) is 3.02. The maximum Gasteiger partial charge on any atom is 0.0835 e. The van der Waals surface area contributed by atoms with E-state index in [4.69, 9.17) is 16.7 Å². The molecule has 0 aliphatic carbocycles. The maximum absolute atomic E-state index is 6.34. The van der Waals surface area contributed by atoms with Crippen molar-refractivity contribution in [2.45, 2.75) is 46.6 Å². The molecule has 1 N–H and O–H groups in total. The quantitative estimate of drug-likeness (QED) is 0.779. The normalized spacial score (nSPS) is 11.0. The van der Waals surface area contributed by atoms with Crippen LogP contribution < -0.4 is 5.32 Å². The molecule has 0 amide bonds. The van der Waals surface area contributed by atoms with Crippen LogP contribution in [0.3, 0.4) is 0 Å². The Morgan fingerprint density at radius 2 is 1.90 bits per heavy atom. The van der Waals surface area contributed by atoms with E-state index in [9.17, 15) is 0 Å². The molecule has 0 saturated heterocycles. The van der Waals surface area contributed by atoms with Gasteiger partial charge in [0, 0.05) is 17.8 Å². The lowest BCUT2D eigenvalue weighted by molar-refractivity contribution is 0.666. The molecule has 2 rings (SSSR count). The highest BCUT2D eigenvalue weighted by atomic mass is 35.5. The Hall–Kier alpha value is -1.32. The summed E-state index contributed by atoms with van der Waals surface area (Å²) in [6, 6.07) is 7.89. The minimum Gasteiger partial charge on any atom is -0.313 e. The Balaban J connectivity index is 2.45. The van der Waals surface area contributed by atoms with Crippen LogP contribution in [0, 0.1) is 0 Å². The lowest BCUT2D eigenvalue weighted by Crippen LogP contribution is -2.16. The second kappa shape index (κ2) is 7.62. The van der Waals surface area contributed by atoms with Gasteiger partial charge < -0.3 is 5.32 Å². The maximum atomic E-state index is 6.34. The Morgan fingerprint density at radius 1 is 1.14 bits per heavy atom. The van der Waals surface area contributed by atoms with Crippen molar-refractivity contribution in [1.29, 1.82) is 0 Å². The van der Waals surface area contributed by atoms with Crippen molar-refractivity contribution in [3.05, 3.63) is 46.2 Å². The number of benzene rings is 1. The lowest BCUT2D eigenvalue weighted by Gasteiger charge is -2.10. The average Bonchev–Trinajstić information content (AvgIpc) is 2.85. The molecule has 4 heteroatoms. The first-order chi connectivity index (χ1) is 10.2. The van der Waals surface area contributed by atoms with Crippen molar-refractivity contribution in [1.82, 2.24) is 15.1 Å². The number of aryl methyl sites for hydroxylation is 1. The average molecular weight is 306 g/mol. The van der Waals surface area contributed by atoms with Gasteiger partial charge in [0.15, 0.2) is 0 Å². The summed E-state index contributed by atoms with van der Waals surface area (Å²) in [6.45, 7) is 8.42. The molecule has 1 aromatic carbocycles. The Kier molecular flexibility index (Phi) is 5.83. The molecule has 114 valence electrons. The number of hydrogen-bond donors (Lipinski definition) is 1. The van der Waals surface area contributed by atoms with Crippen LogP contribution in [0.1, 0.15) is 44.1 Å². The highest BCUT2D eigenvalue weighted by Gasteiger charge is 2.17. The molecule has 0 atom stereocenters. The Morgan fingerprint density at radius 3 is 2.52 bits per heavy atom. The molecule has 0 fully saturated rings. The van der Waals surface area contributed by atoms with E-state index in [1.165, 1.54) is 11.3 Å². The topological polar surface area (TPSA) is 29.9 Å². The van der Waals surface area contributed by atoms with Gasteiger partial charge in [0.2, 0.25) is 0 Å². The summed E-state index contributed by atoms with van der Waals surface area (Å²) in [4.78, 5) is 0. The summed E-state index contributed by atoms with van der Waals surface area (Å²) in [5, 5.41) is 9.04. The van der Waals surface area contributed by atoms with E-state index < -0.39 is 0 Å². The fraction of sp³-hybridized carbons (Fsp3) is 0.471. The number of aromatic nitrogens is 2. The van der Waals surface area contributed by atoms with Crippen molar-refractivity contribution in [3.63, 3.8) is 0 Å². The molecule has 0 aliphatic rings. The van der Waals surface area contributed by atoms with Gasteiger partial charge in [-0.1, -0.05) is 44.5 Å². The van der Waals surface area contributed by atoms with Crippen LogP contribution in [-0.4, -0.2) is 16.3 Å². The van der Waals surface area contributed by atoms with Crippen molar-refractivity contribution >= 4 is 11.6 Å². The third-order valence-corrected chi connectivity index (χ3v) is 3.97. The molecular formula is C17H24ClN3. The number of nitrogens with zero attached hydrogens (tertiary/aromatic N) is 2. The first-order valence-corrected chi connectivity index (χ1v) is 8.15. The molecule has 0 radical (unpaired) electrons. The van der Waals surface area contributed by atoms with E-state index in [2.05, 4.69) is 26.1 Å². The first kappa shape index (κ1) is 16.1. The third-order valence-electron chi connectivity index (χ3n) is 3.65. The van der Waals surface area contributed by atoms with Crippen LogP contribution in [0.4, 0.5) is 0 Å². The zero-order chi connectivity index (χ0) is 15.2. The fourth-order valence-corrected chi connectivity index (χ4v) is 2.82. The van der Waals surface area contributed by atoms with Crippen molar-refractivity contribution in [2.75, 3.05) is 6.54 Å². The predicted octanol–water partition coefficient (Wildman–Crippen LogP) is 4.15. The fourth-order valence-electron chi connectivity index (χ4n) is 2.60. The standard InChI is InChI=1S/C17H24ClN3/c1-4-11-19-12-13-15(5-2)20-21(16(13)6-3)17-10-8-7-9-14(17)18/h7-10,19H,4-6,11-12H2,1-3H3. The molecule has 1 heterocycles. The minimum atomic E-state index is 0.741. The summed E-state index contributed by atoms with van der Waals surface area (Å²) in [7, 11) is 0. The predicted molar refractivity (Wildman–Crippen MR) is 89.3 cm³/mol. The minimum absolute atomic E-state index is 0.741. The molecule has 1 aromatic heterocycles. The van der Waals surface area contributed by atoms with Gasteiger partial charge >= 0.3 is 0 Å². The Labute approximate surface area is 132 Å². The molecule has 0 spiro atoms. The van der Waals surface area contributed by atoms with E-state index in [0.29, 0.717) is 0 Å². The second-order valence-corrected chi connectivity index (χ2v) is 5.53. The number of para-hydroxylation sites is 1. The van der Waals surface area contributed by atoms with Gasteiger partial charge in [-0.15, -0.1) is 0 Å². The first-order valence-electron chi connectivity index (χ1n) is 7.78. The van der Waals surface area contributed by atoms with Gasteiger partial charge in [0.1, 0.15) is 0 Å². The molecule has 21 heavy (non-hydrogen) atoms. The van der Waals surface area contributed by atoms with Gasteiger partial charge in [-0.2, -0.15) is 5.10 Å². The molecule has 0 unspecified atom stereocenters. The number of halogens is 1. The summed E-state index contributed by atoms with van der Waals surface area (Å²) in [5.74, 6) is 0. The number of rotatable bonds is 7. The van der Waals surface area contributed by atoms with Crippen molar-refractivity contribution in [3.8, 4) is 5.69 Å². The van der Waals surface area contributed by atoms with Crippen LogP contribution in [0.15, 0.2) is 24.3 Å². The van der Waals surface area contributed by atoms with E-state index >= 15 is 0 Å². The zero-order valence-electron chi connectivity index (χ0n) is 13.1. The van der Waals surface area contributed by atoms with Gasteiger partial charge in [0.05, 0.1) is 16.4 Å². The molecule has 3 nitrogen and oxygen atoms in total. The van der Waals surface area contributed by atoms with Gasteiger partial charge in [0.25, 0.3) is 0 Å². The number of hydrogen-bond acceptors (Lipinski definition) is 2. The lowest BCUT2D eigenvalue weighted by atomic mass is 10.1. The smallest absolute Gasteiger partial charge is 0.0835 e. The monoisotopic (exact) mass is 305 g/mol. The number of nitrogens with one attached hydrogen (secondary N) is 1. The van der Waals surface area contributed by atoms with E-state index in [1.54, 1.807) is 0 Å². The van der Waals surface area contributed by atoms with Crippen LogP contribution in [0.25, 0.3) is 5.69 Å². The van der Waals surface area contributed by atoms with Crippen LogP contribution in [0.2, 0.25) is 5.02 Å². The molecule has 2 aromatic rings. The van der Waals surface area contributed by atoms with E-state index in [1.807, 2.05) is 28.9 Å². The zero-order valence-corrected chi connectivity index (χ0v) is 13.9. The summed E-state index contributed by atoms with van der Waals surface area (Å²) in [5.41, 5.74) is 4.71. The largest absolute Gasteiger partial charge is 0.313 e. The Bertz CT molecular complexity index is 590. The highest BCUT2D eigenvalue weighted by Crippen LogP contribution is 2.25. The third kappa shape index (κ3) is 3.47. The second-order valence-electron chi connectivity index (χ2n) is 5.12. The molecule has 0 saturated carbocycles. The molecule has 0 bridgehead atoms. The van der Waals surface area contributed by atoms with E-state index in [-0.39, 0.29) is 0 Å². The van der Waals surface area contributed by atoms with Gasteiger partial charge in [-0.05, 0) is 37.9 Å². The van der Waals surface area contributed by atoms with Crippen LogP contribution in [-0.2, 0) is 19.4 Å². The molecule has 0 aliphatic heterocycles. The van der Waals surface area contributed by atoms with Crippen molar-refractivity contribution < 1.29 is 0 Å².